The fraction of sp³-hybridized carbons (Fsp3) is 0.150. The predicted molar refractivity (Wildman–Crippen MR) is 100 cm³/mol. The van der Waals surface area contributed by atoms with E-state index in [9.17, 15) is 0 Å². The minimum absolute atomic E-state index is 0.542. The van der Waals surface area contributed by atoms with E-state index in [-0.39, 0.29) is 0 Å². The van der Waals surface area contributed by atoms with Crippen LogP contribution < -0.4 is 10.6 Å². The average molecular weight is 329 g/mol. The third-order valence-corrected chi connectivity index (χ3v) is 3.76. The van der Waals surface area contributed by atoms with Gasteiger partial charge >= 0.3 is 0 Å². The normalized spacial score (nSPS) is 10.1. The molecular weight excluding hydrogens is 310 g/mol. The maximum absolute atomic E-state index is 8.86. The number of aromatic nitrogens is 2. The first-order valence-electron chi connectivity index (χ1n) is 8.15. The summed E-state index contributed by atoms with van der Waals surface area (Å²) >= 11 is 0. The molecule has 0 atom stereocenters. The molecule has 0 saturated carbocycles. The lowest BCUT2D eigenvalue weighted by Crippen LogP contribution is -2.02. The molecular formula is C20H19N5. The van der Waals surface area contributed by atoms with Crippen LogP contribution >= 0.6 is 0 Å². The molecule has 124 valence electrons. The molecule has 5 heteroatoms. The largest absolute Gasteiger partial charge is 0.340 e. The Morgan fingerprint density at radius 3 is 2.20 bits per heavy atom. The van der Waals surface area contributed by atoms with E-state index < -0.39 is 0 Å². The van der Waals surface area contributed by atoms with Crippen molar-refractivity contribution >= 4 is 23.1 Å². The van der Waals surface area contributed by atoms with Crippen LogP contribution in [-0.4, -0.2) is 9.97 Å². The Bertz CT molecular complexity index is 893. The van der Waals surface area contributed by atoms with Crippen molar-refractivity contribution in [2.24, 2.45) is 0 Å². The summed E-state index contributed by atoms with van der Waals surface area (Å²) in [5.74, 6) is 1.24. The van der Waals surface area contributed by atoms with Gasteiger partial charge in [0.15, 0.2) is 0 Å². The minimum atomic E-state index is 0.542. The number of nitrogens with zero attached hydrogens (tertiary/aromatic N) is 3. The smallest absolute Gasteiger partial charge is 0.229 e. The van der Waals surface area contributed by atoms with E-state index in [0.717, 1.165) is 23.5 Å². The first-order valence-corrected chi connectivity index (χ1v) is 8.15. The highest BCUT2D eigenvalue weighted by molar-refractivity contribution is 5.61. The molecule has 25 heavy (non-hydrogen) atoms. The molecule has 0 unspecified atom stereocenters. The third kappa shape index (κ3) is 4.33. The highest BCUT2D eigenvalue weighted by Crippen LogP contribution is 2.20. The summed E-state index contributed by atoms with van der Waals surface area (Å²) in [5.41, 5.74) is 4.60. The number of hydrogen-bond donors (Lipinski definition) is 2. The lowest BCUT2D eigenvalue weighted by molar-refractivity contribution is 1.10. The fourth-order valence-corrected chi connectivity index (χ4v) is 2.42. The molecule has 0 radical (unpaired) electrons. The molecule has 0 aliphatic carbocycles. The van der Waals surface area contributed by atoms with E-state index in [2.05, 4.69) is 45.7 Å². The lowest BCUT2D eigenvalue weighted by atomic mass is 10.1. The second-order valence-corrected chi connectivity index (χ2v) is 5.71. The second-order valence-electron chi connectivity index (χ2n) is 5.71. The van der Waals surface area contributed by atoms with Crippen LogP contribution in [-0.2, 0) is 6.42 Å². The summed E-state index contributed by atoms with van der Waals surface area (Å²) in [4.78, 5) is 8.95. The Balaban J connectivity index is 1.78. The van der Waals surface area contributed by atoms with Crippen molar-refractivity contribution in [3.63, 3.8) is 0 Å². The van der Waals surface area contributed by atoms with Crippen molar-refractivity contribution in [3.05, 3.63) is 71.4 Å². The zero-order chi connectivity index (χ0) is 17.6. The van der Waals surface area contributed by atoms with Crippen LogP contribution in [0.15, 0.2) is 54.6 Å². The van der Waals surface area contributed by atoms with Gasteiger partial charge in [0.1, 0.15) is 5.82 Å². The Hall–Kier alpha value is -3.39. The van der Waals surface area contributed by atoms with Crippen molar-refractivity contribution < 1.29 is 0 Å². The molecule has 2 aromatic carbocycles. The van der Waals surface area contributed by atoms with E-state index in [1.54, 1.807) is 12.1 Å². The first kappa shape index (κ1) is 16.5. The van der Waals surface area contributed by atoms with Crippen molar-refractivity contribution in [1.82, 2.24) is 9.97 Å². The fourth-order valence-electron chi connectivity index (χ4n) is 2.42. The van der Waals surface area contributed by atoms with E-state index in [4.69, 9.17) is 5.26 Å². The number of benzene rings is 2. The first-order chi connectivity index (χ1) is 12.2. The van der Waals surface area contributed by atoms with Crippen LogP contribution in [0.1, 0.15) is 23.7 Å². The molecule has 0 amide bonds. The number of nitrogens with one attached hydrogen (secondary N) is 2. The van der Waals surface area contributed by atoms with Crippen molar-refractivity contribution in [2.75, 3.05) is 10.6 Å². The van der Waals surface area contributed by atoms with Crippen LogP contribution in [0.5, 0.6) is 0 Å². The summed E-state index contributed by atoms with van der Waals surface area (Å²) < 4.78 is 0. The molecule has 2 N–H and O–H groups in total. The van der Waals surface area contributed by atoms with Gasteiger partial charge in [-0.05, 0) is 55.3 Å². The van der Waals surface area contributed by atoms with Crippen molar-refractivity contribution in [3.8, 4) is 6.07 Å². The van der Waals surface area contributed by atoms with Crippen LogP contribution in [0, 0.1) is 18.3 Å². The zero-order valence-corrected chi connectivity index (χ0v) is 14.2. The van der Waals surface area contributed by atoms with Gasteiger partial charge in [-0.3, -0.25) is 0 Å². The van der Waals surface area contributed by atoms with Crippen LogP contribution in [0.4, 0.5) is 23.1 Å². The lowest BCUT2D eigenvalue weighted by Gasteiger charge is -2.10. The van der Waals surface area contributed by atoms with Gasteiger partial charge in [-0.25, -0.2) is 4.98 Å². The number of rotatable bonds is 5. The van der Waals surface area contributed by atoms with Gasteiger partial charge in [-0.2, -0.15) is 10.2 Å². The standard InChI is InChI=1S/C20H19N5/c1-3-15-4-8-18(9-5-15)24-20-22-14(2)12-19(25-20)23-17-10-6-16(13-21)7-11-17/h4-12H,3H2,1-2H3,(H2,22,23,24,25). The summed E-state index contributed by atoms with van der Waals surface area (Å²) in [6.45, 7) is 4.06. The molecule has 1 heterocycles. The molecule has 0 aliphatic heterocycles. The quantitative estimate of drug-likeness (QED) is 0.709. The Kier molecular flexibility index (Phi) is 4.91. The summed E-state index contributed by atoms with van der Waals surface area (Å²) in [6, 6.07) is 19.5. The summed E-state index contributed by atoms with van der Waals surface area (Å²) in [6.07, 6.45) is 1.01. The zero-order valence-electron chi connectivity index (χ0n) is 14.2. The third-order valence-electron chi connectivity index (χ3n) is 3.76. The van der Waals surface area contributed by atoms with Gasteiger partial charge in [0.05, 0.1) is 11.6 Å². The van der Waals surface area contributed by atoms with E-state index in [1.807, 2.05) is 37.3 Å². The maximum Gasteiger partial charge on any atom is 0.229 e. The SMILES string of the molecule is CCc1ccc(Nc2nc(C)cc(Nc3ccc(C#N)cc3)n2)cc1. The summed E-state index contributed by atoms with van der Waals surface area (Å²) in [5, 5.41) is 15.3. The van der Waals surface area contributed by atoms with Crippen molar-refractivity contribution in [2.45, 2.75) is 20.3 Å². The highest BCUT2D eigenvalue weighted by atomic mass is 15.1. The van der Waals surface area contributed by atoms with E-state index in [1.165, 1.54) is 5.56 Å². The minimum Gasteiger partial charge on any atom is -0.340 e. The van der Waals surface area contributed by atoms with Crippen molar-refractivity contribution in [1.29, 1.82) is 5.26 Å². The molecule has 3 aromatic rings. The van der Waals surface area contributed by atoms with Gasteiger partial charge in [0, 0.05) is 23.1 Å². The van der Waals surface area contributed by atoms with Crippen LogP contribution in [0.2, 0.25) is 0 Å². The van der Waals surface area contributed by atoms with Gasteiger partial charge in [0.25, 0.3) is 0 Å². The number of hydrogen-bond acceptors (Lipinski definition) is 5. The Morgan fingerprint density at radius 2 is 1.56 bits per heavy atom. The average Bonchev–Trinajstić information content (AvgIpc) is 2.62. The van der Waals surface area contributed by atoms with Crippen LogP contribution in [0.3, 0.4) is 0 Å². The van der Waals surface area contributed by atoms with Crippen LogP contribution in [0.25, 0.3) is 0 Å². The second kappa shape index (κ2) is 7.45. The number of nitriles is 1. The Labute approximate surface area is 147 Å². The molecule has 0 spiro atoms. The molecule has 3 rings (SSSR count). The van der Waals surface area contributed by atoms with E-state index >= 15 is 0 Å². The van der Waals surface area contributed by atoms with Gasteiger partial charge in [-0.1, -0.05) is 19.1 Å². The monoisotopic (exact) mass is 329 g/mol. The molecule has 0 bridgehead atoms. The molecule has 0 aliphatic rings. The molecule has 1 aromatic heterocycles. The van der Waals surface area contributed by atoms with Gasteiger partial charge in [0.2, 0.25) is 5.95 Å². The predicted octanol–water partition coefficient (Wildman–Crippen LogP) is 4.71. The maximum atomic E-state index is 8.86. The topological polar surface area (TPSA) is 73.6 Å². The molecule has 5 nitrogen and oxygen atoms in total. The van der Waals surface area contributed by atoms with Gasteiger partial charge in [-0.15, -0.1) is 0 Å². The number of aryl methyl sites for hydroxylation is 2. The number of anilines is 4. The Morgan fingerprint density at radius 1 is 0.920 bits per heavy atom. The molecule has 0 saturated heterocycles. The van der Waals surface area contributed by atoms with E-state index in [0.29, 0.717) is 17.3 Å². The summed E-state index contributed by atoms with van der Waals surface area (Å²) in [7, 11) is 0. The highest BCUT2D eigenvalue weighted by Gasteiger charge is 2.04. The molecule has 0 fully saturated rings. The van der Waals surface area contributed by atoms with Gasteiger partial charge < -0.3 is 10.6 Å².